The van der Waals surface area contributed by atoms with Gasteiger partial charge in [-0.15, -0.1) is 0 Å². The quantitative estimate of drug-likeness (QED) is 0.839. The number of carbonyl (C=O) groups is 1. The van der Waals surface area contributed by atoms with Crippen LogP contribution in [0.15, 0.2) is 24.3 Å². The van der Waals surface area contributed by atoms with E-state index >= 15 is 0 Å². The minimum atomic E-state index is 0.368. The molecule has 22 heavy (non-hydrogen) atoms. The zero-order chi connectivity index (χ0) is 15.4. The summed E-state index contributed by atoms with van der Waals surface area (Å²) in [6.07, 6.45) is 6.24. The first-order chi connectivity index (χ1) is 10.8. The summed E-state index contributed by atoms with van der Waals surface area (Å²) in [6, 6.07) is 8.44. The van der Waals surface area contributed by atoms with Crippen LogP contribution < -0.4 is 4.74 Å². The van der Waals surface area contributed by atoms with Gasteiger partial charge in [0.1, 0.15) is 11.5 Å². The van der Waals surface area contributed by atoms with Crippen molar-refractivity contribution in [3.05, 3.63) is 29.8 Å². The second-order valence-corrected chi connectivity index (χ2v) is 6.52. The number of carbonyl (C=O) groups excluding carboxylic acids is 1. The third-order valence-electron chi connectivity index (χ3n) is 5.09. The Kier molecular flexibility index (Phi) is 5.14. The molecule has 0 radical (unpaired) electrons. The van der Waals surface area contributed by atoms with Crippen molar-refractivity contribution < 1.29 is 14.3 Å². The van der Waals surface area contributed by atoms with Gasteiger partial charge in [-0.05, 0) is 56.2 Å². The lowest BCUT2D eigenvalue weighted by molar-refractivity contribution is -0.122. The lowest BCUT2D eigenvalue weighted by atomic mass is 9.80. The van der Waals surface area contributed by atoms with Crippen molar-refractivity contribution in [3.63, 3.8) is 0 Å². The molecule has 1 saturated heterocycles. The summed E-state index contributed by atoms with van der Waals surface area (Å²) in [5.74, 6) is 2.46. The number of ketones is 1. The molecule has 120 valence electrons. The van der Waals surface area contributed by atoms with Gasteiger partial charge >= 0.3 is 0 Å². The first-order valence-electron chi connectivity index (χ1n) is 8.62. The van der Waals surface area contributed by atoms with Gasteiger partial charge in [-0.1, -0.05) is 12.1 Å². The third-order valence-corrected chi connectivity index (χ3v) is 5.09. The average Bonchev–Trinajstić information content (AvgIpc) is 2.57. The van der Waals surface area contributed by atoms with E-state index in [9.17, 15) is 4.79 Å². The minimum Gasteiger partial charge on any atom is -0.494 e. The van der Waals surface area contributed by atoms with Gasteiger partial charge in [0.25, 0.3) is 0 Å². The van der Waals surface area contributed by atoms with Crippen LogP contribution >= 0.6 is 0 Å². The molecule has 2 fully saturated rings. The maximum absolute atomic E-state index is 11.4. The molecule has 1 aromatic carbocycles. The molecular weight excluding hydrogens is 276 g/mol. The summed E-state index contributed by atoms with van der Waals surface area (Å²) in [7, 11) is 0. The molecular formula is C19H26O3. The molecule has 1 aliphatic heterocycles. The van der Waals surface area contributed by atoms with E-state index < -0.39 is 0 Å². The van der Waals surface area contributed by atoms with Crippen LogP contribution in [0.4, 0.5) is 0 Å². The monoisotopic (exact) mass is 302 g/mol. The molecule has 3 nitrogen and oxygen atoms in total. The van der Waals surface area contributed by atoms with E-state index in [1.54, 1.807) is 0 Å². The fraction of sp³-hybridized carbons (Fsp3) is 0.632. The summed E-state index contributed by atoms with van der Waals surface area (Å²) < 4.78 is 11.6. The van der Waals surface area contributed by atoms with Gasteiger partial charge in [0.15, 0.2) is 0 Å². The standard InChI is InChI=1S/C19H26O3/c1-2-21-18-10-5-14(6-11-18)16-7-12-19(22-13-16)15-3-8-17(20)9-4-15/h5-6,10-11,15-16,19H,2-4,7-9,12-13H2,1H3. The fourth-order valence-corrected chi connectivity index (χ4v) is 3.74. The van der Waals surface area contributed by atoms with Gasteiger partial charge < -0.3 is 9.47 Å². The highest BCUT2D eigenvalue weighted by molar-refractivity contribution is 5.79. The average molecular weight is 302 g/mol. The summed E-state index contributed by atoms with van der Waals surface area (Å²) in [5, 5.41) is 0. The lowest BCUT2D eigenvalue weighted by Crippen LogP contribution is -2.33. The van der Waals surface area contributed by atoms with Gasteiger partial charge in [-0.2, -0.15) is 0 Å². The molecule has 2 aliphatic rings. The Labute approximate surface area is 133 Å². The number of hydrogen-bond donors (Lipinski definition) is 0. The van der Waals surface area contributed by atoms with E-state index in [0.717, 1.165) is 44.5 Å². The highest BCUT2D eigenvalue weighted by Crippen LogP contribution is 2.35. The Bertz CT molecular complexity index is 476. The van der Waals surface area contributed by atoms with Crippen LogP contribution in [0.2, 0.25) is 0 Å². The SMILES string of the molecule is CCOc1ccc(C2CCC(C3CCC(=O)CC3)OC2)cc1. The Morgan fingerprint density at radius 3 is 2.41 bits per heavy atom. The van der Waals surface area contributed by atoms with Crippen LogP contribution in [-0.2, 0) is 9.53 Å². The summed E-state index contributed by atoms with van der Waals surface area (Å²) in [6.45, 7) is 3.52. The number of benzene rings is 1. The highest BCUT2D eigenvalue weighted by Gasteiger charge is 2.31. The maximum atomic E-state index is 11.4. The predicted octanol–water partition coefficient (Wildman–Crippen LogP) is 4.11. The number of hydrogen-bond acceptors (Lipinski definition) is 3. The predicted molar refractivity (Wildman–Crippen MR) is 86.3 cm³/mol. The van der Waals surface area contributed by atoms with Gasteiger partial charge in [-0.25, -0.2) is 0 Å². The van der Waals surface area contributed by atoms with Crippen molar-refractivity contribution in [2.45, 2.75) is 57.5 Å². The summed E-state index contributed by atoms with van der Waals surface area (Å²) in [4.78, 5) is 11.4. The molecule has 0 aromatic heterocycles. The van der Waals surface area contributed by atoms with Gasteiger partial charge in [0, 0.05) is 18.8 Å². The third kappa shape index (κ3) is 3.70. The van der Waals surface area contributed by atoms with E-state index in [0.29, 0.717) is 30.3 Å². The Morgan fingerprint density at radius 2 is 1.82 bits per heavy atom. The summed E-state index contributed by atoms with van der Waals surface area (Å²) >= 11 is 0. The van der Waals surface area contributed by atoms with Crippen molar-refractivity contribution in [1.82, 2.24) is 0 Å². The molecule has 1 aliphatic carbocycles. The molecule has 0 spiro atoms. The van der Waals surface area contributed by atoms with Gasteiger partial charge in [0.2, 0.25) is 0 Å². The minimum absolute atomic E-state index is 0.368. The van der Waals surface area contributed by atoms with E-state index in [1.165, 1.54) is 12.0 Å². The van der Waals surface area contributed by atoms with E-state index in [2.05, 4.69) is 24.3 Å². The van der Waals surface area contributed by atoms with Crippen molar-refractivity contribution in [3.8, 4) is 5.75 Å². The molecule has 2 atom stereocenters. The Balaban J connectivity index is 1.51. The molecule has 1 aromatic rings. The first kappa shape index (κ1) is 15.5. The van der Waals surface area contributed by atoms with Crippen LogP contribution in [-0.4, -0.2) is 25.1 Å². The number of Topliss-reactive ketones (excluding diaryl/α,β-unsaturated/α-hetero) is 1. The molecule has 0 bridgehead atoms. The molecule has 1 heterocycles. The van der Waals surface area contributed by atoms with Crippen LogP contribution in [0.25, 0.3) is 0 Å². The molecule has 2 unspecified atom stereocenters. The van der Waals surface area contributed by atoms with Crippen molar-refractivity contribution in [2.24, 2.45) is 5.92 Å². The van der Waals surface area contributed by atoms with E-state index in [-0.39, 0.29) is 0 Å². The molecule has 3 rings (SSSR count). The molecule has 0 amide bonds. The van der Waals surface area contributed by atoms with Crippen LogP contribution in [0, 0.1) is 5.92 Å². The fourth-order valence-electron chi connectivity index (χ4n) is 3.74. The van der Waals surface area contributed by atoms with E-state index in [4.69, 9.17) is 9.47 Å². The second kappa shape index (κ2) is 7.28. The van der Waals surface area contributed by atoms with Gasteiger partial charge in [0.05, 0.1) is 19.3 Å². The van der Waals surface area contributed by atoms with Crippen LogP contribution in [0.5, 0.6) is 5.75 Å². The maximum Gasteiger partial charge on any atom is 0.132 e. The molecule has 1 saturated carbocycles. The highest BCUT2D eigenvalue weighted by atomic mass is 16.5. The van der Waals surface area contributed by atoms with Gasteiger partial charge in [-0.3, -0.25) is 4.79 Å². The number of rotatable bonds is 4. The number of ether oxygens (including phenoxy) is 2. The van der Waals surface area contributed by atoms with Crippen molar-refractivity contribution >= 4 is 5.78 Å². The van der Waals surface area contributed by atoms with Crippen molar-refractivity contribution in [1.29, 1.82) is 0 Å². The Morgan fingerprint density at radius 1 is 1.09 bits per heavy atom. The first-order valence-corrected chi connectivity index (χ1v) is 8.62. The topological polar surface area (TPSA) is 35.5 Å². The van der Waals surface area contributed by atoms with Crippen molar-refractivity contribution in [2.75, 3.05) is 13.2 Å². The molecule has 3 heteroatoms. The Hall–Kier alpha value is -1.35. The molecule has 0 N–H and O–H groups in total. The largest absolute Gasteiger partial charge is 0.494 e. The van der Waals surface area contributed by atoms with E-state index in [1.807, 2.05) is 6.92 Å². The van der Waals surface area contributed by atoms with Crippen LogP contribution in [0.3, 0.4) is 0 Å². The zero-order valence-electron chi connectivity index (χ0n) is 13.4. The second-order valence-electron chi connectivity index (χ2n) is 6.52. The smallest absolute Gasteiger partial charge is 0.132 e. The van der Waals surface area contributed by atoms with Crippen LogP contribution in [0.1, 0.15) is 56.9 Å². The zero-order valence-corrected chi connectivity index (χ0v) is 13.4. The normalized spacial score (nSPS) is 26.9. The summed E-state index contributed by atoms with van der Waals surface area (Å²) in [5.41, 5.74) is 1.35. The lowest BCUT2D eigenvalue weighted by Gasteiger charge is -2.35.